The van der Waals surface area contributed by atoms with Crippen LogP contribution in [-0.4, -0.2) is 51.1 Å². The van der Waals surface area contributed by atoms with E-state index in [-0.39, 0.29) is 6.04 Å². The van der Waals surface area contributed by atoms with E-state index in [1.807, 2.05) is 65.0 Å². The van der Waals surface area contributed by atoms with Crippen molar-refractivity contribution in [3.8, 4) is 16.9 Å². The van der Waals surface area contributed by atoms with Crippen molar-refractivity contribution in [2.75, 3.05) is 25.0 Å². The van der Waals surface area contributed by atoms with E-state index < -0.39 is 11.7 Å². The monoisotopic (exact) mass is 490 g/mol. The minimum atomic E-state index is -0.548. The summed E-state index contributed by atoms with van der Waals surface area (Å²) in [6, 6.07) is 9.63. The fraction of sp³-hybridized carbons (Fsp3) is 0.385. The Morgan fingerprint density at radius 1 is 1.19 bits per heavy atom. The maximum atomic E-state index is 12.0. The zero-order valence-corrected chi connectivity index (χ0v) is 21.1. The van der Waals surface area contributed by atoms with Gasteiger partial charge in [-0.05, 0) is 58.9 Å². The Bertz CT molecular complexity index is 1380. The molecule has 4 heterocycles. The normalized spacial score (nSPS) is 15.0. The predicted molar refractivity (Wildman–Crippen MR) is 135 cm³/mol. The highest BCUT2D eigenvalue weighted by atomic mass is 16.6. The van der Waals surface area contributed by atoms with Crippen molar-refractivity contribution >= 4 is 23.1 Å². The molecule has 1 aliphatic rings. The lowest BCUT2D eigenvalue weighted by atomic mass is 10.0. The van der Waals surface area contributed by atoms with Crippen molar-refractivity contribution < 1.29 is 18.8 Å². The highest BCUT2D eigenvalue weighted by molar-refractivity contribution is 5.94. The lowest BCUT2D eigenvalue weighted by Gasteiger charge is -2.28. The largest absolute Gasteiger partial charge is 0.488 e. The number of benzene rings is 1. The summed E-state index contributed by atoms with van der Waals surface area (Å²) < 4.78 is 19.2. The Labute approximate surface area is 209 Å². The van der Waals surface area contributed by atoms with Crippen LogP contribution in [-0.2, 0) is 4.74 Å². The van der Waals surface area contributed by atoms with Crippen molar-refractivity contribution in [2.45, 2.75) is 46.3 Å². The molecular weight excluding hydrogens is 460 g/mol. The van der Waals surface area contributed by atoms with E-state index in [9.17, 15) is 4.79 Å². The zero-order chi connectivity index (χ0) is 25.4. The Morgan fingerprint density at radius 3 is 2.72 bits per heavy atom. The Kier molecular flexibility index (Phi) is 6.03. The third-order valence-corrected chi connectivity index (χ3v) is 5.91. The average molecular weight is 491 g/mol. The second-order valence-corrected chi connectivity index (χ2v) is 9.75. The van der Waals surface area contributed by atoms with Crippen molar-refractivity contribution in [3.05, 3.63) is 53.7 Å². The van der Waals surface area contributed by atoms with Crippen LogP contribution in [0.5, 0.6) is 5.75 Å². The molecule has 4 aromatic rings. The molecular formula is C26H30N6O4. The summed E-state index contributed by atoms with van der Waals surface area (Å²) in [6.07, 6.45) is 1.32. The van der Waals surface area contributed by atoms with Gasteiger partial charge in [-0.15, -0.1) is 0 Å². The average Bonchev–Trinajstić information content (AvgIpc) is 3.37. The number of aromatic nitrogens is 4. The quantitative estimate of drug-likeness (QED) is 0.376. The van der Waals surface area contributed by atoms with Crippen LogP contribution in [0.15, 0.2) is 41.1 Å². The molecule has 10 nitrogen and oxygen atoms in total. The van der Waals surface area contributed by atoms with Crippen LogP contribution in [0, 0.1) is 13.8 Å². The van der Waals surface area contributed by atoms with Gasteiger partial charge in [0.2, 0.25) is 5.95 Å². The van der Waals surface area contributed by atoms with Gasteiger partial charge in [-0.25, -0.2) is 9.78 Å². The van der Waals surface area contributed by atoms with Crippen LogP contribution in [0.3, 0.4) is 0 Å². The summed E-state index contributed by atoms with van der Waals surface area (Å²) in [6.45, 7) is 10.5. The summed E-state index contributed by atoms with van der Waals surface area (Å²) in [7, 11) is 0. The number of ether oxygens (including phenoxy) is 2. The topological polar surface area (TPSA) is 116 Å². The number of rotatable bonds is 6. The second kappa shape index (κ2) is 9.18. The van der Waals surface area contributed by atoms with Gasteiger partial charge in [0, 0.05) is 24.8 Å². The smallest absolute Gasteiger partial charge is 0.407 e. The molecule has 0 saturated carbocycles. The van der Waals surface area contributed by atoms with Crippen LogP contribution in [0.4, 0.5) is 10.7 Å². The standard InChI is InChI=1S/C26H30N6O4/c1-15-21(16(2)36-31-15)17-9-10-19-22-23(17)34-14-20(18-8-6-7-11-27-18)32(22)24(30-19)28-12-13-29-25(33)35-26(3,4)5/h6-11,20H,12-14H2,1-5H3,(H,28,30)(H,29,33)/t20-/m1/s1. The van der Waals surface area contributed by atoms with Crippen molar-refractivity contribution in [1.82, 2.24) is 25.0 Å². The Hall–Kier alpha value is -4.08. The number of pyridine rings is 1. The SMILES string of the molecule is Cc1noc(C)c1-c1ccc2nc(NCCNC(=O)OC(C)(C)C)n3c2c1OC[C@@H]3c1ccccn1. The lowest BCUT2D eigenvalue weighted by molar-refractivity contribution is 0.0530. The first-order valence-corrected chi connectivity index (χ1v) is 12.0. The first-order valence-electron chi connectivity index (χ1n) is 12.0. The zero-order valence-electron chi connectivity index (χ0n) is 21.1. The number of aryl methyl sites for hydroxylation is 2. The lowest BCUT2D eigenvalue weighted by Crippen LogP contribution is -2.35. The first-order chi connectivity index (χ1) is 17.2. The second-order valence-electron chi connectivity index (χ2n) is 9.75. The molecule has 36 heavy (non-hydrogen) atoms. The summed E-state index contributed by atoms with van der Waals surface area (Å²) >= 11 is 0. The number of nitrogens with zero attached hydrogens (tertiary/aromatic N) is 4. The van der Waals surface area contributed by atoms with Crippen LogP contribution < -0.4 is 15.4 Å². The van der Waals surface area contributed by atoms with Gasteiger partial charge in [0.25, 0.3) is 0 Å². The Balaban J connectivity index is 1.51. The van der Waals surface area contributed by atoms with E-state index >= 15 is 0 Å². The van der Waals surface area contributed by atoms with Gasteiger partial charge in [-0.3, -0.25) is 9.55 Å². The van der Waals surface area contributed by atoms with Crippen molar-refractivity contribution in [1.29, 1.82) is 0 Å². The molecule has 0 aliphatic carbocycles. The fourth-order valence-corrected chi connectivity index (χ4v) is 4.48. The van der Waals surface area contributed by atoms with Gasteiger partial charge in [0.15, 0.2) is 5.75 Å². The number of carbonyl (C=O) groups is 1. The van der Waals surface area contributed by atoms with Gasteiger partial charge < -0.3 is 24.6 Å². The number of anilines is 1. The van der Waals surface area contributed by atoms with E-state index in [2.05, 4.69) is 25.3 Å². The van der Waals surface area contributed by atoms with Gasteiger partial charge in [-0.1, -0.05) is 11.2 Å². The molecule has 5 rings (SSSR count). The molecule has 0 spiro atoms. The number of hydrogen-bond acceptors (Lipinski definition) is 8. The number of hydrogen-bond donors (Lipinski definition) is 2. The maximum Gasteiger partial charge on any atom is 0.407 e. The summed E-state index contributed by atoms with van der Waals surface area (Å²) in [5.41, 5.74) is 4.63. The summed E-state index contributed by atoms with van der Waals surface area (Å²) in [5.74, 6) is 2.14. The van der Waals surface area contributed by atoms with E-state index in [0.717, 1.165) is 45.1 Å². The molecule has 1 atom stereocenters. The molecule has 0 fully saturated rings. The third kappa shape index (κ3) is 4.46. The molecule has 2 N–H and O–H groups in total. The molecule has 0 unspecified atom stereocenters. The number of carbonyl (C=O) groups excluding carboxylic acids is 1. The van der Waals surface area contributed by atoms with Gasteiger partial charge in [-0.2, -0.15) is 0 Å². The third-order valence-electron chi connectivity index (χ3n) is 5.91. The van der Waals surface area contributed by atoms with Crippen LogP contribution in [0.25, 0.3) is 22.2 Å². The molecule has 1 aliphatic heterocycles. The van der Waals surface area contributed by atoms with E-state index in [0.29, 0.717) is 25.6 Å². The van der Waals surface area contributed by atoms with E-state index in [1.54, 1.807) is 6.20 Å². The number of amides is 1. The van der Waals surface area contributed by atoms with E-state index in [1.165, 1.54) is 0 Å². The first kappa shape index (κ1) is 23.7. The Morgan fingerprint density at radius 2 is 2.03 bits per heavy atom. The highest BCUT2D eigenvalue weighted by Gasteiger charge is 2.32. The number of imidazole rings is 1. The van der Waals surface area contributed by atoms with E-state index in [4.69, 9.17) is 19.0 Å². The molecule has 1 amide bonds. The molecule has 3 aromatic heterocycles. The summed E-state index contributed by atoms with van der Waals surface area (Å²) in [5, 5.41) is 10.3. The fourth-order valence-electron chi connectivity index (χ4n) is 4.48. The molecule has 1 aromatic carbocycles. The molecule has 188 valence electrons. The van der Waals surface area contributed by atoms with Gasteiger partial charge >= 0.3 is 6.09 Å². The minimum Gasteiger partial charge on any atom is -0.488 e. The molecule has 0 saturated heterocycles. The number of alkyl carbamates (subject to hydrolysis) is 1. The molecule has 0 bridgehead atoms. The predicted octanol–water partition coefficient (Wildman–Crippen LogP) is 4.62. The van der Waals surface area contributed by atoms with Crippen molar-refractivity contribution in [2.24, 2.45) is 0 Å². The van der Waals surface area contributed by atoms with Crippen LogP contribution >= 0.6 is 0 Å². The highest BCUT2D eigenvalue weighted by Crippen LogP contribution is 2.45. The van der Waals surface area contributed by atoms with Gasteiger partial charge in [0.1, 0.15) is 29.5 Å². The minimum absolute atomic E-state index is 0.176. The van der Waals surface area contributed by atoms with Crippen LogP contribution in [0.2, 0.25) is 0 Å². The van der Waals surface area contributed by atoms with Gasteiger partial charge in [0.05, 0.1) is 22.5 Å². The number of nitrogens with one attached hydrogen (secondary N) is 2. The molecule has 0 radical (unpaired) electrons. The van der Waals surface area contributed by atoms with Crippen molar-refractivity contribution in [3.63, 3.8) is 0 Å². The maximum absolute atomic E-state index is 12.0. The molecule has 10 heteroatoms. The van der Waals surface area contributed by atoms with Crippen LogP contribution in [0.1, 0.15) is 44.0 Å². The summed E-state index contributed by atoms with van der Waals surface area (Å²) in [4.78, 5) is 21.5.